The summed E-state index contributed by atoms with van der Waals surface area (Å²) in [4.78, 5) is 12.4. The molecule has 1 aromatic heterocycles. The number of anilines is 1. The molecule has 0 aliphatic heterocycles. The minimum absolute atomic E-state index is 0.0577. The van der Waals surface area contributed by atoms with Crippen LogP contribution >= 0.6 is 11.8 Å². The highest BCUT2D eigenvalue weighted by atomic mass is 32.2. The Morgan fingerprint density at radius 2 is 1.87 bits per heavy atom. The number of aryl methyl sites for hydroxylation is 2. The summed E-state index contributed by atoms with van der Waals surface area (Å²) in [5, 5.41) is 12.4. The van der Waals surface area contributed by atoms with Crippen LogP contribution in [0.3, 0.4) is 0 Å². The van der Waals surface area contributed by atoms with E-state index in [0.29, 0.717) is 0 Å². The first-order valence-electron chi connectivity index (χ1n) is 10.7. The number of carbonyl (C=O) groups is 1. The van der Waals surface area contributed by atoms with Crippen LogP contribution in [0.5, 0.6) is 5.75 Å². The van der Waals surface area contributed by atoms with Gasteiger partial charge in [0.2, 0.25) is 5.91 Å². The van der Waals surface area contributed by atoms with Crippen molar-refractivity contribution in [3.8, 4) is 17.1 Å². The van der Waals surface area contributed by atoms with E-state index < -0.39 is 0 Å². The van der Waals surface area contributed by atoms with E-state index in [9.17, 15) is 4.79 Å². The second-order valence-electron chi connectivity index (χ2n) is 7.43. The number of hydrogen-bond acceptors (Lipinski definition) is 5. The maximum atomic E-state index is 12.4. The SMILES string of the molecule is CCCCOc1ccc(-c2nnc(SCC(=O)Nc3ccc(C)cc3C)n2CC)cc1. The van der Waals surface area contributed by atoms with Crippen molar-refractivity contribution in [2.24, 2.45) is 0 Å². The van der Waals surface area contributed by atoms with Crippen molar-refractivity contribution in [1.82, 2.24) is 14.8 Å². The van der Waals surface area contributed by atoms with Crippen molar-refractivity contribution >= 4 is 23.4 Å². The number of carbonyl (C=O) groups excluding carboxylic acids is 1. The first-order chi connectivity index (χ1) is 15.0. The van der Waals surface area contributed by atoms with Gasteiger partial charge in [-0.15, -0.1) is 10.2 Å². The van der Waals surface area contributed by atoms with Crippen LogP contribution < -0.4 is 10.1 Å². The van der Waals surface area contributed by atoms with E-state index in [1.807, 2.05) is 54.8 Å². The van der Waals surface area contributed by atoms with E-state index in [-0.39, 0.29) is 11.7 Å². The van der Waals surface area contributed by atoms with Gasteiger partial charge in [0.15, 0.2) is 11.0 Å². The zero-order chi connectivity index (χ0) is 22.2. The first kappa shape index (κ1) is 22.9. The van der Waals surface area contributed by atoms with Crippen LogP contribution in [-0.2, 0) is 11.3 Å². The molecule has 0 radical (unpaired) electrons. The Morgan fingerprint density at radius 1 is 1.10 bits per heavy atom. The standard InChI is InChI=1S/C24H30N4O2S/c1-5-7-14-30-20-11-9-19(10-12-20)23-26-27-24(28(23)6-2)31-16-22(29)25-21-13-8-17(3)15-18(21)4/h8-13,15H,5-7,14,16H2,1-4H3,(H,25,29). The van der Waals surface area contributed by atoms with E-state index in [2.05, 4.69) is 35.4 Å². The van der Waals surface area contributed by atoms with Gasteiger partial charge in [0.25, 0.3) is 0 Å². The van der Waals surface area contributed by atoms with Crippen molar-refractivity contribution in [2.75, 3.05) is 17.7 Å². The van der Waals surface area contributed by atoms with E-state index in [1.54, 1.807) is 0 Å². The number of rotatable bonds is 10. The fourth-order valence-corrected chi connectivity index (χ4v) is 4.00. The Kier molecular flexibility index (Phi) is 8.12. The number of amides is 1. The average Bonchev–Trinajstić information content (AvgIpc) is 3.18. The molecule has 0 saturated carbocycles. The van der Waals surface area contributed by atoms with Crippen LogP contribution in [0.2, 0.25) is 0 Å². The second-order valence-corrected chi connectivity index (χ2v) is 8.37. The molecule has 1 amide bonds. The summed E-state index contributed by atoms with van der Waals surface area (Å²) in [7, 11) is 0. The molecule has 164 valence electrons. The summed E-state index contributed by atoms with van der Waals surface area (Å²) in [5.74, 6) is 1.87. The van der Waals surface area contributed by atoms with E-state index in [4.69, 9.17) is 4.74 Å². The molecule has 0 bridgehead atoms. The smallest absolute Gasteiger partial charge is 0.234 e. The van der Waals surface area contributed by atoms with Gasteiger partial charge < -0.3 is 14.6 Å². The Balaban J connectivity index is 1.63. The summed E-state index contributed by atoms with van der Waals surface area (Å²) in [6, 6.07) is 13.9. The number of aromatic nitrogens is 3. The fourth-order valence-electron chi connectivity index (χ4n) is 3.20. The van der Waals surface area contributed by atoms with E-state index >= 15 is 0 Å². The second kappa shape index (κ2) is 11.0. The Hall–Kier alpha value is -2.80. The minimum Gasteiger partial charge on any atom is -0.494 e. The van der Waals surface area contributed by atoms with Gasteiger partial charge >= 0.3 is 0 Å². The van der Waals surface area contributed by atoms with Gasteiger partial charge in [0.05, 0.1) is 12.4 Å². The van der Waals surface area contributed by atoms with Gasteiger partial charge in [-0.3, -0.25) is 4.79 Å². The third-order valence-electron chi connectivity index (χ3n) is 4.90. The lowest BCUT2D eigenvalue weighted by atomic mass is 10.1. The number of thioether (sulfide) groups is 1. The molecule has 31 heavy (non-hydrogen) atoms. The van der Waals surface area contributed by atoms with Gasteiger partial charge in [-0.2, -0.15) is 0 Å². The normalized spacial score (nSPS) is 10.8. The molecule has 3 rings (SSSR count). The molecule has 0 aliphatic carbocycles. The van der Waals surface area contributed by atoms with Crippen LogP contribution in [0.4, 0.5) is 5.69 Å². The Morgan fingerprint density at radius 3 is 2.55 bits per heavy atom. The number of unbranched alkanes of at least 4 members (excludes halogenated alkanes) is 1. The maximum absolute atomic E-state index is 12.4. The monoisotopic (exact) mass is 438 g/mol. The van der Waals surface area contributed by atoms with Crippen molar-refractivity contribution in [1.29, 1.82) is 0 Å². The van der Waals surface area contributed by atoms with Crippen molar-refractivity contribution < 1.29 is 9.53 Å². The predicted molar refractivity (Wildman–Crippen MR) is 127 cm³/mol. The Bertz CT molecular complexity index is 1010. The molecule has 1 heterocycles. The molecule has 2 aromatic carbocycles. The van der Waals surface area contributed by atoms with Gasteiger partial charge in [0, 0.05) is 17.8 Å². The van der Waals surface area contributed by atoms with E-state index in [1.165, 1.54) is 17.3 Å². The molecule has 6 nitrogen and oxygen atoms in total. The molecule has 0 spiro atoms. The van der Waals surface area contributed by atoms with Gasteiger partial charge in [-0.1, -0.05) is 42.8 Å². The molecule has 0 saturated heterocycles. The number of benzene rings is 2. The molecule has 0 fully saturated rings. The number of ether oxygens (including phenoxy) is 1. The van der Waals surface area contributed by atoms with Crippen LogP contribution in [0.1, 0.15) is 37.8 Å². The lowest BCUT2D eigenvalue weighted by molar-refractivity contribution is -0.113. The predicted octanol–water partition coefficient (Wildman–Crippen LogP) is 5.49. The zero-order valence-corrected chi connectivity index (χ0v) is 19.5. The third kappa shape index (κ3) is 6.10. The van der Waals surface area contributed by atoms with Gasteiger partial charge in [0.1, 0.15) is 5.75 Å². The number of nitrogens with one attached hydrogen (secondary N) is 1. The highest BCUT2D eigenvalue weighted by Crippen LogP contribution is 2.26. The van der Waals surface area contributed by atoms with Gasteiger partial charge in [-0.25, -0.2) is 0 Å². The molecular formula is C24H30N4O2S. The average molecular weight is 439 g/mol. The lowest BCUT2D eigenvalue weighted by Gasteiger charge is -2.10. The molecular weight excluding hydrogens is 408 g/mol. The zero-order valence-electron chi connectivity index (χ0n) is 18.6. The summed E-state index contributed by atoms with van der Waals surface area (Å²) < 4.78 is 7.77. The van der Waals surface area contributed by atoms with Crippen LogP contribution in [0.25, 0.3) is 11.4 Å². The summed E-state index contributed by atoms with van der Waals surface area (Å²) in [6.45, 7) is 9.68. The number of nitrogens with zero attached hydrogens (tertiary/aromatic N) is 3. The van der Waals surface area contributed by atoms with Crippen molar-refractivity contribution in [2.45, 2.75) is 52.2 Å². The maximum Gasteiger partial charge on any atom is 0.234 e. The number of hydrogen-bond donors (Lipinski definition) is 1. The fraction of sp³-hybridized carbons (Fsp3) is 0.375. The topological polar surface area (TPSA) is 69.0 Å². The quantitative estimate of drug-likeness (QED) is 0.335. The largest absolute Gasteiger partial charge is 0.494 e. The molecule has 0 atom stereocenters. The molecule has 3 aromatic rings. The third-order valence-corrected chi connectivity index (χ3v) is 5.87. The van der Waals surface area contributed by atoms with Crippen LogP contribution in [0.15, 0.2) is 47.6 Å². The van der Waals surface area contributed by atoms with Crippen molar-refractivity contribution in [3.63, 3.8) is 0 Å². The van der Waals surface area contributed by atoms with Crippen LogP contribution in [-0.4, -0.2) is 33.0 Å². The van der Waals surface area contributed by atoms with Gasteiger partial charge in [-0.05, 0) is 63.1 Å². The Labute approximate surface area is 188 Å². The first-order valence-corrected chi connectivity index (χ1v) is 11.7. The highest BCUT2D eigenvalue weighted by molar-refractivity contribution is 7.99. The van der Waals surface area contributed by atoms with Crippen LogP contribution in [0, 0.1) is 13.8 Å². The molecule has 1 N–H and O–H groups in total. The van der Waals surface area contributed by atoms with E-state index in [0.717, 1.165) is 59.5 Å². The highest BCUT2D eigenvalue weighted by Gasteiger charge is 2.15. The molecule has 0 unspecified atom stereocenters. The lowest BCUT2D eigenvalue weighted by Crippen LogP contribution is -2.15. The summed E-state index contributed by atoms with van der Waals surface area (Å²) >= 11 is 1.39. The minimum atomic E-state index is -0.0577. The molecule has 0 aliphatic rings. The summed E-state index contributed by atoms with van der Waals surface area (Å²) in [6.07, 6.45) is 2.16. The molecule has 7 heteroatoms. The summed E-state index contributed by atoms with van der Waals surface area (Å²) in [5.41, 5.74) is 4.05. The van der Waals surface area contributed by atoms with Crippen molar-refractivity contribution in [3.05, 3.63) is 53.6 Å².